The lowest BCUT2D eigenvalue weighted by Crippen LogP contribution is -2.34. The first-order valence-corrected chi connectivity index (χ1v) is 9.35. The standard InChI is InChI=1S/C20H23N3O2S/c1-13-7-8-15(14(2)10-13)20-22-16(12-26-20)19(24)21-11-17(23(3)4)18-6-5-9-25-18/h5-10,12,17H,11H2,1-4H3,(H,21,24). The van der Waals surface area contributed by atoms with Crippen LogP contribution in [-0.2, 0) is 0 Å². The van der Waals surface area contributed by atoms with Crippen LogP contribution in [0.15, 0.2) is 46.4 Å². The molecule has 0 aliphatic heterocycles. The highest BCUT2D eigenvalue weighted by atomic mass is 32.1. The first kappa shape index (κ1) is 18.4. The number of thiazole rings is 1. The summed E-state index contributed by atoms with van der Waals surface area (Å²) in [5.74, 6) is 0.653. The Kier molecular flexibility index (Phi) is 5.54. The summed E-state index contributed by atoms with van der Waals surface area (Å²) in [5, 5.41) is 5.63. The van der Waals surface area contributed by atoms with Crippen LogP contribution >= 0.6 is 11.3 Å². The number of nitrogens with one attached hydrogen (secondary N) is 1. The first-order valence-electron chi connectivity index (χ1n) is 8.47. The fourth-order valence-electron chi connectivity index (χ4n) is 2.85. The van der Waals surface area contributed by atoms with Gasteiger partial charge in [-0.1, -0.05) is 23.8 Å². The normalized spacial score (nSPS) is 12.3. The molecule has 0 radical (unpaired) electrons. The van der Waals surface area contributed by atoms with Gasteiger partial charge in [0.05, 0.1) is 12.3 Å². The zero-order valence-corrected chi connectivity index (χ0v) is 16.3. The topological polar surface area (TPSA) is 58.4 Å². The van der Waals surface area contributed by atoms with E-state index in [4.69, 9.17) is 4.42 Å². The Hall–Kier alpha value is -2.44. The molecule has 0 aliphatic rings. The smallest absolute Gasteiger partial charge is 0.270 e. The number of amides is 1. The van der Waals surface area contributed by atoms with Gasteiger partial charge in [-0.05, 0) is 45.6 Å². The van der Waals surface area contributed by atoms with Crippen molar-refractivity contribution in [3.63, 3.8) is 0 Å². The molecule has 5 nitrogen and oxygen atoms in total. The van der Waals surface area contributed by atoms with E-state index < -0.39 is 0 Å². The second-order valence-corrected chi connectivity index (χ2v) is 7.42. The Morgan fingerprint density at radius 3 is 2.77 bits per heavy atom. The van der Waals surface area contributed by atoms with Crippen LogP contribution in [0.25, 0.3) is 10.6 Å². The summed E-state index contributed by atoms with van der Waals surface area (Å²) >= 11 is 1.49. The van der Waals surface area contributed by atoms with Crippen molar-refractivity contribution in [3.8, 4) is 10.6 Å². The number of carbonyl (C=O) groups is 1. The molecule has 6 heteroatoms. The maximum absolute atomic E-state index is 12.5. The quantitative estimate of drug-likeness (QED) is 0.712. The van der Waals surface area contributed by atoms with Crippen LogP contribution in [0.1, 0.15) is 33.4 Å². The second kappa shape index (κ2) is 7.85. The monoisotopic (exact) mass is 369 g/mol. The van der Waals surface area contributed by atoms with E-state index in [0.717, 1.165) is 21.9 Å². The number of likely N-dealkylation sites (N-methyl/N-ethyl adjacent to an activating group) is 1. The van der Waals surface area contributed by atoms with Gasteiger partial charge in [0.25, 0.3) is 5.91 Å². The average molecular weight is 369 g/mol. The number of carbonyl (C=O) groups excluding carboxylic acids is 1. The molecule has 0 aliphatic carbocycles. The molecule has 3 rings (SSSR count). The van der Waals surface area contributed by atoms with Gasteiger partial charge in [0.1, 0.15) is 16.5 Å². The van der Waals surface area contributed by atoms with E-state index in [-0.39, 0.29) is 11.9 Å². The summed E-state index contributed by atoms with van der Waals surface area (Å²) in [6.45, 7) is 4.59. The summed E-state index contributed by atoms with van der Waals surface area (Å²) in [5.41, 5.74) is 3.90. The fraction of sp³-hybridized carbons (Fsp3) is 0.300. The van der Waals surface area contributed by atoms with Crippen LogP contribution in [0.2, 0.25) is 0 Å². The van der Waals surface area contributed by atoms with Gasteiger partial charge in [-0.25, -0.2) is 4.98 Å². The molecule has 2 heterocycles. The number of benzene rings is 1. The molecule has 1 amide bonds. The number of aromatic nitrogens is 1. The molecule has 26 heavy (non-hydrogen) atoms. The van der Waals surface area contributed by atoms with Crippen molar-refractivity contribution in [1.29, 1.82) is 0 Å². The SMILES string of the molecule is Cc1ccc(-c2nc(C(=O)NCC(c3ccco3)N(C)C)cs2)c(C)c1. The minimum atomic E-state index is -0.171. The highest BCUT2D eigenvalue weighted by molar-refractivity contribution is 7.13. The molecule has 0 fully saturated rings. The number of rotatable bonds is 6. The highest BCUT2D eigenvalue weighted by Gasteiger charge is 2.19. The Morgan fingerprint density at radius 1 is 1.31 bits per heavy atom. The van der Waals surface area contributed by atoms with E-state index in [0.29, 0.717) is 12.2 Å². The van der Waals surface area contributed by atoms with Crippen molar-refractivity contribution < 1.29 is 9.21 Å². The molecule has 1 atom stereocenters. The zero-order valence-electron chi connectivity index (χ0n) is 15.4. The lowest BCUT2D eigenvalue weighted by atomic mass is 10.1. The van der Waals surface area contributed by atoms with E-state index in [2.05, 4.69) is 42.3 Å². The third kappa shape index (κ3) is 4.03. The summed E-state index contributed by atoms with van der Waals surface area (Å²) in [6.07, 6.45) is 1.64. The van der Waals surface area contributed by atoms with Crippen LogP contribution < -0.4 is 5.32 Å². The molecular formula is C20H23N3O2S. The van der Waals surface area contributed by atoms with Crippen molar-refractivity contribution in [2.75, 3.05) is 20.6 Å². The molecule has 136 valence electrons. The van der Waals surface area contributed by atoms with Gasteiger partial charge >= 0.3 is 0 Å². The van der Waals surface area contributed by atoms with Gasteiger partial charge in [0, 0.05) is 17.5 Å². The second-order valence-electron chi connectivity index (χ2n) is 6.56. The highest BCUT2D eigenvalue weighted by Crippen LogP contribution is 2.27. The third-order valence-electron chi connectivity index (χ3n) is 4.30. The van der Waals surface area contributed by atoms with Gasteiger partial charge in [0.15, 0.2) is 0 Å². The number of furan rings is 1. The molecule has 3 aromatic rings. The van der Waals surface area contributed by atoms with E-state index >= 15 is 0 Å². The molecular weight excluding hydrogens is 346 g/mol. The van der Waals surface area contributed by atoms with E-state index in [1.165, 1.54) is 16.9 Å². The lowest BCUT2D eigenvalue weighted by molar-refractivity contribution is 0.0935. The van der Waals surface area contributed by atoms with Gasteiger partial charge in [0.2, 0.25) is 0 Å². The van der Waals surface area contributed by atoms with Crippen molar-refractivity contribution in [1.82, 2.24) is 15.2 Å². The summed E-state index contributed by atoms with van der Waals surface area (Å²) in [4.78, 5) is 19.0. The molecule has 0 bridgehead atoms. The third-order valence-corrected chi connectivity index (χ3v) is 5.18. The lowest BCUT2D eigenvalue weighted by Gasteiger charge is -2.22. The zero-order chi connectivity index (χ0) is 18.7. The summed E-state index contributed by atoms with van der Waals surface area (Å²) in [6, 6.07) is 9.99. The van der Waals surface area contributed by atoms with Crippen molar-refractivity contribution in [2.45, 2.75) is 19.9 Å². The van der Waals surface area contributed by atoms with Crippen molar-refractivity contribution in [2.24, 2.45) is 0 Å². The molecule has 1 aromatic carbocycles. The number of hydrogen-bond acceptors (Lipinski definition) is 5. The number of hydrogen-bond donors (Lipinski definition) is 1. The predicted octanol–water partition coefficient (Wildman–Crippen LogP) is 4.05. The van der Waals surface area contributed by atoms with E-state index in [1.807, 2.05) is 36.5 Å². The number of nitrogens with zero attached hydrogens (tertiary/aromatic N) is 2. The average Bonchev–Trinajstić information content (AvgIpc) is 3.26. The fourth-order valence-corrected chi connectivity index (χ4v) is 3.74. The Labute approximate surface area is 157 Å². The van der Waals surface area contributed by atoms with Gasteiger partial charge < -0.3 is 9.73 Å². The Morgan fingerprint density at radius 2 is 2.12 bits per heavy atom. The molecule has 0 saturated heterocycles. The van der Waals surface area contributed by atoms with Crippen LogP contribution in [0.4, 0.5) is 0 Å². The van der Waals surface area contributed by atoms with E-state index in [9.17, 15) is 4.79 Å². The van der Waals surface area contributed by atoms with Crippen LogP contribution in [-0.4, -0.2) is 36.4 Å². The van der Waals surface area contributed by atoms with Crippen LogP contribution in [0, 0.1) is 13.8 Å². The summed E-state index contributed by atoms with van der Waals surface area (Å²) < 4.78 is 5.47. The minimum Gasteiger partial charge on any atom is -0.468 e. The van der Waals surface area contributed by atoms with Crippen LogP contribution in [0.3, 0.4) is 0 Å². The van der Waals surface area contributed by atoms with Crippen LogP contribution in [0.5, 0.6) is 0 Å². The molecule has 0 saturated carbocycles. The minimum absolute atomic E-state index is 0.0219. The van der Waals surface area contributed by atoms with Gasteiger partial charge in [-0.3, -0.25) is 9.69 Å². The molecule has 0 spiro atoms. The molecule has 1 N–H and O–H groups in total. The van der Waals surface area contributed by atoms with Gasteiger partial charge in [-0.15, -0.1) is 11.3 Å². The van der Waals surface area contributed by atoms with E-state index in [1.54, 1.807) is 6.26 Å². The van der Waals surface area contributed by atoms with Crippen molar-refractivity contribution in [3.05, 3.63) is 64.6 Å². The number of aryl methyl sites for hydroxylation is 2. The predicted molar refractivity (Wildman–Crippen MR) is 104 cm³/mol. The Balaban J connectivity index is 1.70. The molecule has 2 aromatic heterocycles. The first-order chi connectivity index (χ1) is 12.5. The summed E-state index contributed by atoms with van der Waals surface area (Å²) in [7, 11) is 3.92. The maximum atomic E-state index is 12.5. The largest absolute Gasteiger partial charge is 0.468 e. The molecule has 1 unspecified atom stereocenters. The van der Waals surface area contributed by atoms with Crippen molar-refractivity contribution >= 4 is 17.2 Å². The Bertz CT molecular complexity index is 884. The maximum Gasteiger partial charge on any atom is 0.270 e. The van der Waals surface area contributed by atoms with Gasteiger partial charge in [-0.2, -0.15) is 0 Å².